The number of pyridine rings is 1. The highest BCUT2D eigenvalue weighted by atomic mass is 16.2. The van der Waals surface area contributed by atoms with Gasteiger partial charge in [-0.05, 0) is 25.1 Å². The van der Waals surface area contributed by atoms with Gasteiger partial charge in [0.05, 0.1) is 11.9 Å². The summed E-state index contributed by atoms with van der Waals surface area (Å²) in [6.07, 6.45) is 4.34. The quantitative estimate of drug-likeness (QED) is 0.725. The molecule has 1 aliphatic heterocycles. The van der Waals surface area contributed by atoms with Gasteiger partial charge >= 0.3 is 0 Å². The van der Waals surface area contributed by atoms with E-state index in [4.69, 9.17) is 0 Å². The van der Waals surface area contributed by atoms with Crippen LogP contribution in [0.5, 0.6) is 0 Å². The summed E-state index contributed by atoms with van der Waals surface area (Å²) in [7, 11) is 4.03. The maximum Gasteiger partial charge on any atom is 0.256 e. The van der Waals surface area contributed by atoms with E-state index in [9.17, 15) is 4.79 Å². The topological polar surface area (TPSA) is 54.3 Å². The zero-order valence-electron chi connectivity index (χ0n) is 15.2. The third kappa shape index (κ3) is 3.08. The van der Waals surface area contributed by atoms with Crippen LogP contribution in [0.15, 0.2) is 48.9 Å². The highest BCUT2D eigenvalue weighted by molar-refractivity contribution is 6.04. The molecule has 0 saturated carbocycles. The zero-order chi connectivity index (χ0) is 18.1. The number of piperazine rings is 1. The van der Waals surface area contributed by atoms with Crippen LogP contribution in [-0.4, -0.2) is 63.0 Å². The third-order valence-corrected chi connectivity index (χ3v) is 5.21. The summed E-state index contributed by atoms with van der Waals surface area (Å²) in [5.41, 5.74) is 3.36. The monoisotopic (exact) mass is 349 g/mol. The van der Waals surface area contributed by atoms with E-state index in [0.29, 0.717) is 17.1 Å². The molecule has 0 N–H and O–H groups in total. The Hall–Kier alpha value is -2.73. The predicted octanol–water partition coefficient (Wildman–Crippen LogP) is 1.97. The van der Waals surface area contributed by atoms with Gasteiger partial charge in [-0.25, -0.2) is 9.97 Å². The SMILES string of the molecule is CN1CCN(C(=O)c2ccnc3c2ncn3C)CC1Cc1ccccc1. The lowest BCUT2D eigenvalue weighted by molar-refractivity contribution is 0.0549. The number of aromatic nitrogens is 3. The molecule has 3 heterocycles. The third-order valence-electron chi connectivity index (χ3n) is 5.21. The number of benzene rings is 1. The van der Waals surface area contributed by atoms with E-state index >= 15 is 0 Å². The maximum absolute atomic E-state index is 13.2. The molecule has 134 valence electrons. The number of aryl methyl sites for hydroxylation is 1. The summed E-state index contributed by atoms with van der Waals surface area (Å²) < 4.78 is 1.84. The molecule has 0 radical (unpaired) electrons. The van der Waals surface area contributed by atoms with Crippen LogP contribution >= 0.6 is 0 Å². The van der Waals surface area contributed by atoms with Crippen molar-refractivity contribution in [1.82, 2.24) is 24.3 Å². The fourth-order valence-electron chi connectivity index (χ4n) is 3.61. The van der Waals surface area contributed by atoms with Crippen molar-refractivity contribution in [3.05, 3.63) is 60.0 Å². The average Bonchev–Trinajstić information content (AvgIpc) is 3.05. The van der Waals surface area contributed by atoms with E-state index in [2.05, 4.69) is 46.2 Å². The Morgan fingerprint density at radius 1 is 1.12 bits per heavy atom. The van der Waals surface area contributed by atoms with Gasteiger partial charge < -0.3 is 9.47 Å². The number of hydrogen-bond donors (Lipinski definition) is 0. The van der Waals surface area contributed by atoms with Crippen LogP contribution in [0.25, 0.3) is 11.2 Å². The second-order valence-corrected chi connectivity index (χ2v) is 6.96. The second-order valence-electron chi connectivity index (χ2n) is 6.96. The molecule has 0 bridgehead atoms. The minimum atomic E-state index is 0.0438. The Balaban J connectivity index is 1.56. The molecule has 1 amide bonds. The molecule has 0 aliphatic carbocycles. The summed E-state index contributed by atoms with van der Waals surface area (Å²) in [5, 5.41) is 0. The number of nitrogens with zero attached hydrogens (tertiary/aromatic N) is 5. The number of fused-ring (bicyclic) bond motifs is 1. The minimum Gasteiger partial charge on any atom is -0.336 e. The van der Waals surface area contributed by atoms with Gasteiger partial charge in [-0.1, -0.05) is 30.3 Å². The number of imidazole rings is 1. The van der Waals surface area contributed by atoms with Gasteiger partial charge in [-0.2, -0.15) is 0 Å². The molecular formula is C20H23N5O. The molecule has 1 unspecified atom stereocenters. The predicted molar refractivity (Wildman–Crippen MR) is 101 cm³/mol. The van der Waals surface area contributed by atoms with E-state index in [-0.39, 0.29) is 5.91 Å². The van der Waals surface area contributed by atoms with Crippen LogP contribution in [0.2, 0.25) is 0 Å². The van der Waals surface area contributed by atoms with Crippen molar-refractivity contribution in [2.75, 3.05) is 26.7 Å². The van der Waals surface area contributed by atoms with Crippen molar-refractivity contribution in [2.24, 2.45) is 7.05 Å². The number of rotatable bonds is 3. The number of carbonyl (C=O) groups is 1. The summed E-state index contributed by atoms with van der Waals surface area (Å²) >= 11 is 0. The molecule has 26 heavy (non-hydrogen) atoms. The van der Waals surface area contributed by atoms with Gasteiger partial charge in [0.2, 0.25) is 0 Å². The fourth-order valence-corrected chi connectivity index (χ4v) is 3.61. The molecule has 1 fully saturated rings. The van der Waals surface area contributed by atoms with E-state index in [1.165, 1.54) is 5.56 Å². The number of likely N-dealkylation sites (N-methyl/N-ethyl adjacent to an activating group) is 1. The minimum absolute atomic E-state index is 0.0438. The lowest BCUT2D eigenvalue weighted by atomic mass is 10.0. The van der Waals surface area contributed by atoms with Gasteiger partial charge in [0.1, 0.15) is 5.52 Å². The standard InChI is InChI=1S/C20H23N5O/c1-23-10-11-25(13-16(23)12-15-6-4-3-5-7-15)20(26)17-8-9-21-19-18(17)22-14-24(19)2/h3-9,14,16H,10-13H2,1-2H3. The van der Waals surface area contributed by atoms with E-state index < -0.39 is 0 Å². The van der Waals surface area contributed by atoms with Gasteiger partial charge in [0.15, 0.2) is 5.65 Å². The second kappa shape index (κ2) is 6.88. The Morgan fingerprint density at radius 3 is 2.73 bits per heavy atom. The van der Waals surface area contributed by atoms with E-state index in [1.807, 2.05) is 22.6 Å². The first-order valence-corrected chi connectivity index (χ1v) is 8.93. The molecular weight excluding hydrogens is 326 g/mol. The zero-order valence-corrected chi connectivity index (χ0v) is 15.2. The van der Waals surface area contributed by atoms with Crippen LogP contribution in [0.3, 0.4) is 0 Å². The summed E-state index contributed by atoms with van der Waals surface area (Å²) in [4.78, 5) is 26.2. The summed E-state index contributed by atoms with van der Waals surface area (Å²) in [6, 6.07) is 12.6. The van der Waals surface area contributed by atoms with E-state index in [1.54, 1.807) is 18.6 Å². The van der Waals surface area contributed by atoms with Gasteiger partial charge in [0.25, 0.3) is 5.91 Å². The van der Waals surface area contributed by atoms with E-state index in [0.717, 1.165) is 31.7 Å². The molecule has 6 nitrogen and oxygen atoms in total. The van der Waals surface area contributed by atoms with Gasteiger partial charge in [-0.3, -0.25) is 9.69 Å². The number of amides is 1. The highest BCUT2D eigenvalue weighted by Crippen LogP contribution is 2.19. The van der Waals surface area contributed by atoms with Crippen LogP contribution in [-0.2, 0) is 13.5 Å². The van der Waals surface area contributed by atoms with Crippen molar-refractivity contribution in [3.63, 3.8) is 0 Å². The van der Waals surface area contributed by atoms with Crippen molar-refractivity contribution >= 4 is 17.1 Å². The van der Waals surface area contributed by atoms with Gasteiger partial charge in [-0.15, -0.1) is 0 Å². The van der Waals surface area contributed by atoms with Crippen LogP contribution < -0.4 is 0 Å². The van der Waals surface area contributed by atoms with Gasteiger partial charge in [0, 0.05) is 38.9 Å². The number of carbonyl (C=O) groups excluding carboxylic acids is 1. The summed E-state index contributed by atoms with van der Waals surface area (Å²) in [6.45, 7) is 2.33. The molecule has 4 rings (SSSR count). The Bertz CT molecular complexity index is 920. The first-order valence-electron chi connectivity index (χ1n) is 8.93. The van der Waals surface area contributed by atoms with Crippen LogP contribution in [0.1, 0.15) is 15.9 Å². The molecule has 3 aromatic rings. The molecule has 2 aromatic heterocycles. The van der Waals surface area contributed by atoms with Crippen LogP contribution in [0.4, 0.5) is 0 Å². The smallest absolute Gasteiger partial charge is 0.256 e. The Morgan fingerprint density at radius 2 is 1.92 bits per heavy atom. The lowest BCUT2D eigenvalue weighted by Gasteiger charge is -2.39. The van der Waals surface area contributed by atoms with Crippen molar-refractivity contribution < 1.29 is 4.79 Å². The largest absolute Gasteiger partial charge is 0.336 e. The Labute approximate surface area is 153 Å². The molecule has 6 heteroatoms. The lowest BCUT2D eigenvalue weighted by Crippen LogP contribution is -2.54. The normalized spacial score (nSPS) is 18.4. The first-order chi connectivity index (χ1) is 12.6. The van der Waals surface area contributed by atoms with Crippen LogP contribution in [0, 0.1) is 0 Å². The van der Waals surface area contributed by atoms with Crippen molar-refractivity contribution in [1.29, 1.82) is 0 Å². The fraction of sp³-hybridized carbons (Fsp3) is 0.350. The summed E-state index contributed by atoms with van der Waals surface area (Å²) in [5.74, 6) is 0.0438. The van der Waals surface area contributed by atoms with Crippen molar-refractivity contribution in [2.45, 2.75) is 12.5 Å². The molecule has 1 aromatic carbocycles. The molecule has 1 atom stereocenters. The Kier molecular flexibility index (Phi) is 4.42. The molecule has 1 aliphatic rings. The number of hydrogen-bond acceptors (Lipinski definition) is 4. The highest BCUT2D eigenvalue weighted by Gasteiger charge is 2.29. The molecule has 0 spiro atoms. The van der Waals surface area contributed by atoms with Crippen molar-refractivity contribution in [3.8, 4) is 0 Å². The average molecular weight is 349 g/mol. The first kappa shape index (κ1) is 16.7. The maximum atomic E-state index is 13.2. The molecule has 1 saturated heterocycles.